The van der Waals surface area contributed by atoms with Crippen molar-refractivity contribution in [3.8, 4) is 11.8 Å². The summed E-state index contributed by atoms with van der Waals surface area (Å²) in [7, 11) is 1.32. The van der Waals surface area contributed by atoms with Crippen LogP contribution in [0.1, 0.15) is 11.1 Å². The zero-order valence-electron chi connectivity index (χ0n) is 7.93. The van der Waals surface area contributed by atoms with Gasteiger partial charge in [0.1, 0.15) is 5.75 Å². The maximum atomic E-state index is 10.5. The molecule has 78 valence electrons. The maximum Gasteiger partial charge on any atom is 0.274 e. The minimum atomic E-state index is -0.621. The molecule has 6 heteroatoms. The standard InChI is InChI=1S/C9H8N2O4/c1-15-9-3-7(11(13)14)2-6(4-10)8(9)5-12/h2-3,12H,5H2,1H3. The van der Waals surface area contributed by atoms with Crippen molar-refractivity contribution in [3.63, 3.8) is 0 Å². The number of hydrogen-bond acceptors (Lipinski definition) is 5. The van der Waals surface area contributed by atoms with Crippen LogP contribution in [-0.2, 0) is 6.61 Å². The van der Waals surface area contributed by atoms with Crippen molar-refractivity contribution in [2.24, 2.45) is 0 Å². The molecule has 1 aromatic rings. The number of non-ortho nitro benzene ring substituents is 1. The lowest BCUT2D eigenvalue weighted by Gasteiger charge is -2.07. The third-order valence-electron chi connectivity index (χ3n) is 1.90. The second-order valence-corrected chi connectivity index (χ2v) is 2.70. The molecule has 6 nitrogen and oxygen atoms in total. The highest BCUT2D eigenvalue weighted by Crippen LogP contribution is 2.28. The Morgan fingerprint density at radius 1 is 1.67 bits per heavy atom. The van der Waals surface area contributed by atoms with Gasteiger partial charge in [0.05, 0.1) is 36.3 Å². The summed E-state index contributed by atoms with van der Waals surface area (Å²) >= 11 is 0. The van der Waals surface area contributed by atoms with E-state index in [4.69, 9.17) is 15.1 Å². The Morgan fingerprint density at radius 3 is 2.73 bits per heavy atom. The Kier molecular flexibility index (Phi) is 3.21. The maximum absolute atomic E-state index is 10.5. The average Bonchev–Trinajstić information content (AvgIpc) is 2.26. The topological polar surface area (TPSA) is 96.4 Å². The van der Waals surface area contributed by atoms with Crippen LogP contribution in [0.4, 0.5) is 5.69 Å². The number of nitrogens with zero attached hydrogens (tertiary/aromatic N) is 2. The number of hydrogen-bond donors (Lipinski definition) is 1. The van der Waals surface area contributed by atoms with Crippen LogP contribution < -0.4 is 4.74 Å². The van der Waals surface area contributed by atoms with Gasteiger partial charge < -0.3 is 9.84 Å². The first-order valence-corrected chi connectivity index (χ1v) is 4.00. The van der Waals surface area contributed by atoms with Crippen LogP contribution in [0.15, 0.2) is 12.1 Å². The van der Waals surface area contributed by atoms with Gasteiger partial charge in [-0.3, -0.25) is 10.1 Å². The fourth-order valence-corrected chi connectivity index (χ4v) is 1.18. The van der Waals surface area contributed by atoms with E-state index in [-0.39, 0.29) is 22.6 Å². The normalized spacial score (nSPS) is 9.40. The molecular formula is C9H8N2O4. The van der Waals surface area contributed by atoms with Gasteiger partial charge in [-0.1, -0.05) is 0 Å². The van der Waals surface area contributed by atoms with E-state index in [1.54, 1.807) is 6.07 Å². The van der Waals surface area contributed by atoms with Gasteiger partial charge in [0.25, 0.3) is 5.69 Å². The highest BCUT2D eigenvalue weighted by Gasteiger charge is 2.16. The summed E-state index contributed by atoms with van der Waals surface area (Å²) in [6.45, 7) is -0.399. The van der Waals surface area contributed by atoms with E-state index in [9.17, 15) is 10.1 Å². The van der Waals surface area contributed by atoms with E-state index in [1.165, 1.54) is 13.2 Å². The molecule has 0 radical (unpaired) electrons. The largest absolute Gasteiger partial charge is 0.496 e. The van der Waals surface area contributed by atoms with Crippen molar-refractivity contribution in [2.75, 3.05) is 7.11 Å². The number of nitro groups is 1. The minimum absolute atomic E-state index is 0.0450. The Balaban J connectivity index is 3.44. The number of benzene rings is 1. The number of rotatable bonds is 3. The Bertz CT molecular complexity index is 436. The van der Waals surface area contributed by atoms with Crippen molar-refractivity contribution in [1.82, 2.24) is 0 Å². The summed E-state index contributed by atoms with van der Waals surface area (Å²) in [6, 6.07) is 4.05. The molecule has 0 amide bonds. The van der Waals surface area contributed by atoms with E-state index >= 15 is 0 Å². The highest BCUT2D eigenvalue weighted by molar-refractivity contribution is 5.54. The van der Waals surface area contributed by atoms with Crippen LogP contribution in [-0.4, -0.2) is 17.1 Å². The zero-order valence-corrected chi connectivity index (χ0v) is 7.93. The molecule has 1 rings (SSSR count). The molecule has 0 aliphatic heterocycles. The van der Waals surface area contributed by atoms with E-state index in [1.807, 2.05) is 0 Å². The minimum Gasteiger partial charge on any atom is -0.496 e. The summed E-state index contributed by atoms with van der Waals surface area (Å²) in [5, 5.41) is 28.2. The van der Waals surface area contributed by atoms with Crippen LogP contribution in [0.3, 0.4) is 0 Å². The fourth-order valence-electron chi connectivity index (χ4n) is 1.18. The number of nitriles is 1. The Morgan fingerprint density at radius 2 is 2.33 bits per heavy atom. The van der Waals surface area contributed by atoms with E-state index in [2.05, 4.69) is 0 Å². The lowest BCUT2D eigenvalue weighted by Crippen LogP contribution is -1.98. The quantitative estimate of drug-likeness (QED) is 0.589. The van der Waals surface area contributed by atoms with Crippen molar-refractivity contribution in [1.29, 1.82) is 5.26 Å². The molecule has 0 spiro atoms. The molecule has 1 aromatic carbocycles. The lowest BCUT2D eigenvalue weighted by molar-refractivity contribution is -0.385. The number of nitro benzene ring substituents is 1. The van der Waals surface area contributed by atoms with Crippen molar-refractivity contribution in [2.45, 2.75) is 6.61 Å². The molecule has 1 N–H and O–H groups in total. The van der Waals surface area contributed by atoms with E-state index in [0.29, 0.717) is 0 Å². The van der Waals surface area contributed by atoms with Gasteiger partial charge in [0.2, 0.25) is 0 Å². The first-order chi connectivity index (χ1) is 7.13. The van der Waals surface area contributed by atoms with Crippen LogP contribution >= 0.6 is 0 Å². The average molecular weight is 208 g/mol. The highest BCUT2D eigenvalue weighted by atomic mass is 16.6. The molecule has 0 aliphatic carbocycles. The smallest absolute Gasteiger partial charge is 0.274 e. The number of ether oxygens (including phenoxy) is 1. The SMILES string of the molecule is COc1cc([N+](=O)[O-])cc(C#N)c1CO. The molecule has 0 saturated heterocycles. The monoisotopic (exact) mass is 208 g/mol. The Hall–Kier alpha value is -2.13. The van der Waals surface area contributed by atoms with E-state index < -0.39 is 11.5 Å². The van der Waals surface area contributed by atoms with Gasteiger partial charge in [-0.05, 0) is 0 Å². The lowest BCUT2D eigenvalue weighted by atomic mass is 10.1. The predicted octanol–water partition coefficient (Wildman–Crippen LogP) is 0.967. The third kappa shape index (κ3) is 2.03. The van der Waals surface area contributed by atoms with Gasteiger partial charge in [0.15, 0.2) is 0 Å². The first-order valence-electron chi connectivity index (χ1n) is 4.00. The van der Waals surface area contributed by atoms with Crippen LogP contribution in [0, 0.1) is 21.4 Å². The fraction of sp³-hybridized carbons (Fsp3) is 0.222. The van der Waals surface area contributed by atoms with Crippen LogP contribution in [0.2, 0.25) is 0 Å². The molecule has 15 heavy (non-hydrogen) atoms. The second kappa shape index (κ2) is 4.39. The molecule has 0 unspecified atom stereocenters. The molecule has 0 fully saturated rings. The molecule has 0 aliphatic rings. The van der Waals surface area contributed by atoms with E-state index in [0.717, 1.165) is 6.07 Å². The molecule has 0 atom stereocenters. The summed E-state index contributed by atoms with van der Waals surface area (Å²) in [5.74, 6) is 0.142. The van der Waals surface area contributed by atoms with Crippen molar-refractivity contribution in [3.05, 3.63) is 33.4 Å². The van der Waals surface area contributed by atoms with Crippen molar-refractivity contribution >= 4 is 5.69 Å². The summed E-state index contributed by atoms with van der Waals surface area (Å²) in [5.41, 5.74) is 0.0646. The van der Waals surface area contributed by atoms with Gasteiger partial charge in [-0.15, -0.1) is 0 Å². The molecule has 0 heterocycles. The first kappa shape index (κ1) is 10.9. The number of aliphatic hydroxyl groups is 1. The zero-order chi connectivity index (χ0) is 11.4. The van der Waals surface area contributed by atoms with Gasteiger partial charge >= 0.3 is 0 Å². The molecule has 0 aromatic heterocycles. The van der Waals surface area contributed by atoms with Crippen LogP contribution in [0.25, 0.3) is 0 Å². The summed E-state index contributed by atoms with van der Waals surface area (Å²) in [4.78, 5) is 9.89. The Labute approximate surface area is 85.5 Å². The number of methoxy groups -OCH3 is 1. The summed E-state index contributed by atoms with van der Waals surface area (Å²) in [6.07, 6.45) is 0. The van der Waals surface area contributed by atoms with Crippen molar-refractivity contribution < 1.29 is 14.8 Å². The third-order valence-corrected chi connectivity index (χ3v) is 1.90. The number of aliphatic hydroxyl groups excluding tert-OH is 1. The summed E-state index contributed by atoms with van der Waals surface area (Å²) < 4.78 is 4.85. The van der Waals surface area contributed by atoms with Gasteiger partial charge in [-0.2, -0.15) is 5.26 Å². The molecular weight excluding hydrogens is 200 g/mol. The van der Waals surface area contributed by atoms with Crippen LogP contribution in [0.5, 0.6) is 5.75 Å². The second-order valence-electron chi connectivity index (χ2n) is 2.70. The van der Waals surface area contributed by atoms with Gasteiger partial charge in [0, 0.05) is 11.6 Å². The molecule has 0 saturated carbocycles. The van der Waals surface area contributed by atoms with Gasteiger partial charge in [-0.25, -0.2) is 0 Å². The molecule has 0 bridgehead atoms. The predicted molar refractivity (Wildman–Crippen MR) is 50.3 cm³/mol.